The lowest BCUT2D eigenvalue weighted by Crippen LogP contribution is -2.44. The highest BCUT2D eigenvalue weighted by Gasteiger charge is 2.37. The van der Waals surface area contributed by atoms with Crippen molar-refractivity contribution in [1.29, 1.82) is 0 Å². The number of amides is 1. The standard InChI is InChI=1S/C19H25N3O5/c23-19(20-13-6-2-1-3-7-13)18(21-8-4-5-9-21)14-10-16-17(27-12-26-16)11-15(14)22(24)25/h10-11,13,18H,1-9,12H2,(H,20,23)/t18-/m1/s1. The van der Waals surface area contributed by atoms with Gasteiger partial charge in [0.05, 0.1) is 16.6 Å². The zero-order chi connectivity index (χ0) is 18.8. The van der Waals surface area contributed by atoms with Gasteiger partial charge < -0.3 is 14.8 Å². The molecule has 4 rings (SSSR count). The molecule has 8 heteroatoms. The molecular weight excluding hydrogens is 350 g/mol. The number of benzene rings is 1. The molecule has 146 valence electrons. The van der Waals surface area contributed by atoms with Crippen LogP contribution < -0.4 is 14.8 Å². The van der Waals surface area contributed by atoms with Gasteiger partial charge in [0.1, 0.15) is 6.04 Å². The Morgan fingerprint density at radius 1 is 1.11 bits per heavy atom. The second-order valence-electron chi connectivity index (χ2n) is 7.51. The van der Waals surface area contributed by atoms with Crippen molar-refractivity contribution < 1.29 is 19.2 Å². The number of carbonyl (C=O) groups excluding carboxylic acids is 1. The van der Waals surface area contributed by atoms with Gasteiger partial charge in [0.25, 0.3) is 5.69 Å². The van der Waals surface area contributed by atoms with E-state index >= 15 is 0 Å². The van der Waals surface area contributed by atoms with Crippen LogP contribution in [0.4, 0.5) is 5.69 Å². The minimum atomic E-state index is -0.677. The summed E-state index contributed by atoms with van der Waals surface area (Å²) < 4.78 is 10.7. The Morgan fingerprint density at radius 3 is 2.44 bits per heavy atom. The normalized spacial score (nSPS) is 21.2. The summed E-state index contributed by atoms with van der Waals surface area (Å²) in [5, 5.41) is 14.9. The molecule has 1 aliphatic carbocycles. The molecule has 0 aromatic heterocycles. The van der Waals surface area contributed by atoms with Crippen LogP contribution in [0.5, 0.6) is 11.5 Å². The number of carbonyl (C=O) groups is 1. The van der Waals surface area contributed by atoms with E-state index in [2.05, 4.69) is 5.32 Å². The third-order valence-electron chi connectivity index (χ3n) is 5.72. The number of nitro benzene ring substituents is 1. The summed E-state index contributed by atoms with van der Waals surface area (Å²) in [6.45, 7) is 1.56. The number of ether oxygens (including phenoxy) is 2. The van der Waals surface area contributed by atoms with Gasteiger partial charge in [0.2, 0.25) is 12.7 Å². The zero-order valence-corrected chi connectivity index (χ0v) is 15.3. The van der Waals surface area contributed by atoms with Crippen molar-refractivity contribution in [3.63, 3.8) is 0 Å². The van der Waals surface area contributed by atoms with Gasteiger partial charge in [0.15, 0.2) is 11.5 Å². The van der Waals surface area contributed by atoms with Crippen molar-refractivity contribution in [2.75, 3.05) is 19.9 Å². The van der Waals surface area contributed by atoms with E-state index in [9.17, 15) is 14.9 Å². The first-order valence-corrected chi connectivity index (χ1v) is 9.76. The largest absolute Gasteiger partial charge is 0.454 e. The molecule has 1 N–H and O–H groups in total. The molecule has 8 nitrogen and oxygen atoms in total. The fourth-order valence-electron chi connectivity index (χ4n) is 4.35. The topological polar surface area (TPSA) is 93.9 Å². The lowest BCUT2D eigenvalue weighted by molar-refractivity contribution is -0.385. The molecule has 3 aliphatic rings. The summed E-state index contributed by atoms with van der Waals surface area (Å²) in [5.74, 6) is 0.675. The Labute approximate surface area is 158 Å². The maximum atomic E-state index is 13.2. The molecular formula is C19H25N3O5. The number of nitro groups is 1. The third kappa shape index (κ3) is 3.71. The summed E-state index contributed by atoms with van der Waals surface area (Å²) in [4.78, 5) is 26.5. The molecule has 1 amide bonds. The van der Waals surface area contributed by atoms with Gasteiger partial charge in [-0.3, -0.25) is 19.8 Å². The van der Waals surface area contributed by atoms with Crippen LogP contribution in [0.25, 0.3) is 0 Å². The Kier molecular flexibility index (Phi) is 5.15. The summed E-state index contributed by atoms with van der Waals surface area (Å²) in [6, 6.07) is 2.48. The number of nitrogens with zero attached hydrogens (tertiary/aromatic N) is 2. The van der Waals surface area contributed by atoms with Crippen molar-refractivity contribution in [2.45, 2.75) is 57.0 Å². The molecule has 0 unspecified atom stereocenters. The zero-order valence-electron chi connectivity index (χ0n) is 15.3. The summed E-state index contributed by atoms with van der Waals surface area (Å²) in [6.07, 6.45) is 7.36. The molecule has 0 spiro atoms. The van der Waals surface area contributed by atoms with E-state index in [0.29, 0.717) is 17.1 Å². The van der Waals surface area contributed by atoms with Crippen LogP contribution in [0.1, 0.15) is 56.6 Å². The molecule has 1 atom stereocenters. The summed E-state index contributed by atoms with van der Waals surface area (Å²) in [7, 11) is 0. The minimum Gasteiger partial charge on any atom is -0.454 e. The Morgan fingerprint density at radius 2 is 1.78 bits per heavy atom. The summed E-state index contributed by atoms with van der Waals surface area (Å²) in [5.41, 5.74) is 0.300. The van der Waals surface area contributed by atoms with Crippen molar-refractivity contribution in [3.05, 3.63) is 27.8 Å². The number of fused-ring (bicyclic) bond motifs is 1. The van der Waals surface area contributed by atoms with E-state index in [1.54, 1.807) is 6.07 Å². The monoisotopic (exact) mass is 375 g/mol. The number of rotatable bonds is 5. The maximum Gasteiger partial charge on any atom is 0.278 e. The lowest BCUT2D eigenvalue weighted by Gasteiger charge is -2.30. The molecule has 1 saturated heterocycles. The second kappa shape index (κ2) is 7.72. The molecule has 2 heterocycles. The van der Waals surface area contributed by atoms with Crippen LogP contribution >= 0.6 is 0 Å². The average Bonchev–Trinajstić information content (AvgIpc) is 3.33. The Hall–Kier alpha value is -2.35. The van der Waals surface area contributed by atoms with E-state index in [4.69, 9.17) is 9.47 Å². The number of hydrogen-bond donors (Lipinski definition) is 1. The van der Waals surface area contributed by atoms with Gasteiger partial charge in [-0.1, -0.05) is 19.3 Å². The molecule has 1 aromatic rings. The van der Waals surface area contributed by atoms with Crippen LogP contribution in [0, 0.1) is 10.1 Å². The lowest BCUT2D eigenvalue weighted by atomic mass is 9.94. The van der Waals surface area contributed by atoms with E-state index in [-0.39, 0.29) is 24.4 Å². The quantitative estimate of drug-likeness (QED) is 0.628. The molecule has 0 bridgehead atoms. The fourth-order valence-corrected chi connectivity index (χ4v) is 4.35. The van der Waals surface area contributed by atoms with Gasteiger partial charge in [-0.05, 0) is 44.8 Å². The van der Waals surface area contributed by atoms with Crippen LogP contribution in [-0.4, -0.2) is 41.7 Å². The predicted molar refractivity (Wildman–Crippen MR) is 97.8 cm³/mol. The smallest absolute Gasteiger partial charge is 0.278 e. The molecule has 2 fully saturated rings. The highest BCUT2D eigenvalue weighted by Crippen LogP contribution is 2.42. The first kappa shape index (κ1) is 18.0. The van der Waals surface area contributed by atoms with Crippen LogP contribution in [-0.2, 0) is 4.79 Å². The van der Waals surface area contributed by atoms with Crippen LogP contribution in [0.2, 0.25) is 0 Å². The Balaban J connectivity index is 1.68. The number of hydrogen-bond acceptors (Lipinski definition) is 6. The third-order valence-corrected chi connectivity index (χ3v) is 5.72. The summed E-state index contributed by atoms with van der Waals surface area (Å²) >= 11 is 0. The van der Waals surface area contributed by atoms with Gasteiger partial charge >= 0.3 is 0 Å². The van der Waals surface area contributed by atoms with Crippen molar-refractivity contribution in [3.8, 4) is 11.5 Å². The molecule has 27 heavy (non-hydrogen) atoms. The molecule has 0 radical (unpaired) electrons. The fraction of sp³-hybridized carbons (Fsp3) is 0.632. The van der Waals surface area contributed by atoms with E-state index in [1.165, 1.54) is 12.5 Å². The van der Waals surface area contributed by atoms with Gasteiger partial charge in [-0.15, -0.1) is 0 Å². The van der Waals surface area contributed by atoms with Gasteiger partial charge in [0, 0.05) is 6.04 Å². The predicted octanol–water partition coefficient (Wildman–Crippen LogP) is 2.91. The SMILES string of the molecule is O=C(NC1CCCCC1)[C@@H](c1cc2c(cc1[N+](=O)[O-])OCO2)N1CCCC1. The number of likely N-dealkylation sites (tertiary alicyclic amines) is 1. The van der Waals surface area contributed by atoms with E-state index < -0.39 is 11.0 Å². The van der Waals surface area contributed by atoms with Crippen molar-refractivity contribution >= 4 is 11.6 Å². The van der Waals surface area contributed by atoms with Crippen molar-refractivity contribution in [2.24, 2.45) is 0 Å². The minimum absolute atomic E-state index is 0.0403. The van der Waals surface area contributed by atoms with E-state index in [0.717, 1.165) is 51.6 Å². The van der Waals surface area contributed by atoms with Crippen LogP contribution in [0.15, 0.2) is 12.1 Å². The highest BCUT2D eigenvalue weighted by molar-refractivity contribution is 5.85. The first-order chi connectivity index (χ1) is 13.1. The molecule has 1 saturated carbocycles. The van der Waals surface area contributed by atoms with Crippen LogP contribution in [0.3, 0.4) is 0 Å². The van der Waals surface area contributed by atoms with Gasteiger partial charge in [-0.2, -0.15) is 0 Å². The highest BCUT2D eigenvalue weighted by atomic mass is 16.7. The first-order valence-electron chi connectivity index (χ1n) is 9.76. The van der Waals surface area contributed by atoms with E-state index in [1.807, 2.05) is 4.90 Å². The second-order valence-corrected chi connectivity index (χ2v) is 7.51. The molecule has 2 aliphatic heterocycles. The van der Waals surface area contributed by atoms with Crippen molar-refractivity contribution in [1.82, 2.24) is 10.2 Å². The molecule has 1 aromatic carbocycles. The average molecular weight is 375 g/mol. The number of nitrogens with one attached hydrogen (secondary N) is 1. The van der Waals surface area contributed by atoms with Gasteiger partial charge in [-0.25, -0.2) is 0 Å². The Bertz CT molecular complexity index is 726. The maximum absolute atomic E-state index is 13.2.